The van der Waals surface area contributed by atoms with E-state index >= 15 is 0 Å². The fourth-order valence-electron chi connectivity index (χ4n) is 1.78. The van der Waals surface area contributed by atoms with Gasteiger partial charge in [-0.25, -0.2) is 0 Å². The molecule has 2 aromatic rings. The molecule has 0 atom stereocenters. The smallest absolute Gasteiger partial charge is 0.00367 e. The van der Waals surface area contributed by atoms with Gasteiger partial charge in [-0.05, 0) is 29.7 Å². The van der Waals surface area contributed by atoms with Crippen LogP contribution in [0.2, 0.25) is 0 Å². The summed E-state index contributed by atoms with van der Waals surface area (Å²) in [5, 5.41) is 0. The number of hydrogen-bond acceptors (Lipinski definition) is 1. The minimum atomic E-state index is 0.700. The molecule has 0 saturated heterocycles. The van der Waals surface area contributed by atoms with Crippen molar-refractivity contribution in [3.8, 4) is 0 Å². The Morgan fingerprint density at radius 2 is 1.53 bits per heavy atom. The summed E-state index contributed by atoms with van der Waals surface area (Å²) in [6, 6.07) is 18.8. The first kappa shape index (κ1) is 11.6. The van der Waals surface area contributed by atoms with Gasteiger partial charge in [-0.1, -0.05) is 66.7 Å². The summed E-state index contributed by atoms with van der Waals surface area (Å²) >= 11 is 0. The van der Waals surface area contributed by atoms with Crippen LogP contribution in [0, 0.1) is 0 Å². The molecule has 0 radical (unpaired) electrons. The molecule has 0 heterocycles. The van der Waals surface area contributed by atoms with Crippen LogP contribution in [0.25, 0.3) is 12.2 Å². The second-order valence-corrected chi connectivity index (χ2v) is 4.03. The molecule has 2 rings (SSSR count). The van der Waals surface area contributed by atoms with E-state index in [0.717, 1.165) is 6.42 Å². The molecule has 2 N–H and O–H groups in total. The van der Waals surface area contributed by atoms with Gasteiger partial charge in [0, 0.05) is 0 Å². The normalized spacial score (nSPS) is 10.9. The van der Waals surface area contributed by atoms with E-state index in [1.807, 2.05) is 18.2 Å². The van der Waals surface area contributed by atoms with Crippen molar-refractivity contribution in [3.05, 3.63) is 71.3 Å². The Balaban J connectivity index is 2.13. The summed E-state index contributed by atoms with van der Waals surface area (Å²) < 4.78 is 0. The van der Waals surface area contributed by atoms with Gasteiger partial charge in [0.05, 0.1) is 0 Å². The fourth-order valence-corrected chi connectivity index (χ4v) is 1.78. The van der Waals surface area contributed by atoms with Crippen LogP contribution in [-0.2, 0) is 6.42 Å². The molecule has 0 unspecified atom stereocenters. The van der Waals surface area contributed by atoms with Crippen molar-refractivity contribution in [2.75, 3.05) is 6.54 Å². The van der Waals surface area contributed by atoms with Gasteiger partial charge in [0.25, 0.3) is 0 Å². The van der Waals surface area contributed by atoms with Gasteiger partial charge >= 0.3 is 0 Å². The lowest BCUT2D eigenvalue weighted by atomic mass is 10.1. The molecule has 86 valence electrons. The van der Waals surface area contributed by atoms with Crippen molar-refractivity contribution in [2.24, 2.45) is 5.73 Å². The molecule has 0 spiro atoms. The van der Waals surface area contributed by atoms with E-state index < -0.39 is 0 Å². The highest BCUT2D eigenvalue weighted by atomic mass is 14.5. The van der Waals surface area contributed by atoms with Crippen LogP contribution < -0.4 is 5.73 Å². The molecule has 0 aliphatic carbocycles. The molecule has 0 aromatic heterocycles. The lowest BCUT2D eigenvalue weighted by Crippen LogP contribution is -2.02. The van der Waals surface area contributed by atoms with E-state index in [4.69, 9.17) is 5.73 Å². The summed E-state index contributed by atoms with van der Waals surface area (Å²) in [4.78, 5) is 0. The van der Waals surface area contributed by atoms with E-state index in [1.54, 1.807) is 0 Å². The highest BCUT2D eigenvalue weighted by Gasteiger charge is 1.92. The summed E-state index contributed by atoms with van der Waals surface area (Å²) in [6.07, 6.45) is 5.20. The Morgan fingerprint density at radius 1 is 0.824 bits per heavy atom. The summed E-state index contributed by atoms with van der Waals surface area (Å²) in [6.45, 7) is 0.700. The van der Waals surface area contributed by atoms with Crippen molar-refractivity contribution in [2.45, 2.75) is 6.42 Å². The maximum Gasteiger partial charge on any atom is -0.00367 e. The van der Waals surface area contributed by atoms with Gasteiger partial charge < -0.3 is 5.73 Å². The van der Waals surface area contributed by atoms with Crippen molar-refractivity contribution >= 4 is 12.2 Å². The monoisotopic (exact) mass is 223 g/mol. The Hall–Kier alpha value is -1.86. The van der Waals surface area contributed by atoms with E-state index in [1.165, 1.54) is 16.7 Å². The molecule has 1 nitrogen and oxygen atoms in total. The molecule has 0 aliphatic heterocycles. The van der Waals surface area contributed by atoms with Gasteiger partial charge in [-0.3, -0.25) is 0 Å². The first-order valence-electron chi connectivity index (χ1n) is 5.90. The Bertz CT molecular complexity index is 486. The molecular weight excluding hydrogens is 206 g/mol. The first-order valence-corrected chi connectivity index (χ1v) is 5.90. The van der Waals surface area contributed by atoms with E-state index in [2.05, 4.69) is 48.6 Å². The van der Waals surface area contributed by atoms with E-state index in [9.17, 15) is 0 Å². The SMILES string of the molecule is NCCc1cccc(/C=C/c2ccccc2)c1. The zero-order valence-corrected chi connectivity index (χ0v) is 9.84. The van der Waals surface area contributed by atoms with E-state index in [-0.39, 0.29) is 0 Å². The Morgan fingerprint density at radius 3 is 2.29 bits per heavy atom. The predicted octanol–water partition coefficient (Wildman–Crippen LogP) is 3.36. The molecule has 0 saturated carbocycles. The lowest BCUT2D eigenvalue weighted by Gasteiger charge is -2.00. The maximum absolute atomic E-state index is 5.56. The summed E-state index contributed by atoms with van der Waals surface area (Å²) in [7, 11) is 0. The first-order chi connectivity index (χ1) is 8.38. The Kier molecular flexibility index (Phi) is 4.11. The standard InChI is InChI=1S/C16H17N/c17-12-11-16-8-4-7-15(13-16)10-9-14-5-2-1-3-6-14/h1-10,13H,11-12,17H2/b10-9+. The van der Waals surface area contributed by atoms with Crippen molar-refractivity contribution < 1.29 is 0 Å². The molecule has 0 bridgehead atoms. The third kappa shape index (κ3) is 3.58. The van der Waals surface area contributed by atoms with Crippen LogP contribution in [0.1, 0.15) is 16.7 Å². The minimum absolute atomic E-state index is 0.700. The molecule has 17 heavy (non-hydrogen) atoms. The minimum Gasteiger partial charge on any atom is -0.330 e. The average molecular weight is 223 g/mol. The topological polar surface area (TPSA) is 26.0 Å². The molecule has 0 aliphatic rings. The largest absolute Gasteiger partial charge is 0.330 e. The van der Waals surface area contributed by atoms with Crippen LogP contribution in [0.15, 0.2) is 54.6 Å². The third-order valence-corrected chi connectivity index (χ3v) is 2.65. The van der Waals surface area contributed by atoms with Crippen LogP contribution in [-0.4, -0.2) is 6.54 Å². The van der Waals surface area contributed by atoms with Gasteiger partial charge in [-0.2, -0.15) is 0 Å². The number of rotatable bonds is 4. The maximum atomic E-state index is 5.56. The highest BCUT2D eigenvalue weighted by Crippen LogP contribution is 2.10. The molecule has 0 amide bonds. The van der Waals surface area contributed by atoms with Crippen LogP contribution in [0.3, 0.4) is 0 Å². The van der Waals surface area contributed by atoms with Crippen molar-refractivity contribution in [3.63, 3.8) is 0 Å². The summed E-state index contributed by atoms with van der Waals surface area (Å²) in [5.74, 6) is 0. The lowest BCUT2D eigenvalue weighted by molar-refractivity contribution is 0.968. The highest BCUT2D eigenvalue weighted by molar-refractivity contribution is 5.69. The summed E-state index contributed by atoms with van der Waals surface area (Å²) in [5.41, 5.74) is 9.29. The molecule has 1 heteroatoms. The molecule has 0 fully saturated rings. The number of benzene rings is 2. The second kappa shape index (κ2) is 6.02. The zero-order chi connectivity index (χ0) is 11.9. The Labute approximate surface area is 103 Å². The zero-order valence-electron chi connectivity index (χ0n) is 9.84. The van der Waals surface area contributed by atoms with Crippen molar-refractivity contribution in [1.29, 1.82) is 0 Å². The van der Waals surface area contributed by atoms with Crippen LogP contribution in [0.5, 0.6) is 0 Å². The van der Waals surface area contributed by atoms with Gasteiger partial charge in [0.1, 0.15) is 0 Å². The van der Waals surface area contributed by atoms with Crippen molar-refractivity contribution in [1.82, 2.24) is 0 Å². The van der Waals surface area contributed by atoms with Gasteiger partial charge in [0.15, 0.2) is 0 Å². The second-order valence-electron chi connectivity index (χ2n) is 4.03. The van der Waals surface area contributed by atoms with Gasteiger partial charge in [0.2, 0.25) is 0 Å². The number of hydrogen-bond donors (Lipinski definition) is 1. The average Bonchev–Trinajstić information content (AvgIpc) is 2.39. The quantitative estimate of drug-likeness (QED) is 0.790. The fraction of sp³-hybridized carbons (Fsp3) is 0.125. The predicted molar refractivity (Wildman–Crippen MR) is 74.6 cm³/mol. The number of nitrogens with two attached hydrogens (primary N) is 1. The third-order valence-electron chi connectivity index (χ3n) is 2.65. The van der Waals surface area contributed by atoms with Gasteiger partial charge in [-0.15, -0.1) is 0 Å². The molecular formula is C16H17N. The van der Waals surface area contributed by atoms with E-state index in [0.29, 0.717) is 6.54 Å². The van der Waals surface area contributed by atoms with Crippen LogP contribution >= 0.6 is 0 Å². The molecule has 2 aromatic carbocycles. The van der Waals surface area contributed by atoms with Crippen LogP contribution in [0.4, 0.5) is 0 Å².